The second-order valence-electron chi connectivity index (χ2n) is 4.11. The SMILES string of the molecule is CCCn1ncc(NC(CC)COC)c(Cl)c1=O. The topological polar surface area (TPSA) is 56.1 Å². The summed E-state index contributed by atoms with van der Waals surface area (Å²) in [6.07, 6.45) is 3.32. The first kappa shape index (κ1) is 15.0. The number of nitrogens with zero attached hydrogens (tertiary/aromatic N) is 2. The Bertz CT molecular complexity index is 434. The molecule has 0 bridgehead atoms. The molecular formula is C12H20ClN3O2. The number of aromatic nitrogens is 2. The van der Waals surface area contributed by atoms with Gasteiger partial charge in [-0.3, -0.25) is 4.79 Å². The quantitative estimate of drug-likeness (QED) is 0.827. The van der Waals surface area contributed by atoms with Crippen LogP contribution in [-0.4, -0.2) is 29.5 Å². The van der Waals surface area contributed by atoms with Gasteiger partial charge in [0.25, 0.3) is 5.56 Å². The van der Waals surface area contributed by atoms with E-state index < -0.39 is 0 Å². The monoisotopic (exact) mass is 273 g/mol. The van der Waals surface area contributed by atoms with Gasteiger partial charge in [0.15, 0.2) is 0 Å². The lowest BCUT2D eigenvalue weighted by atomic mass is 10.2. The molecule has 18 heavy (non-hydrogen) atoms. The average molecular weight is 274 g/mol. The Balaban J connectivity index is 2.91. The minimum Gasteiger partial charge on any atom is -0.383 e. The Morgan fingerprint density at radius 2 is 2.28 bits per heavy atom. The van der Waals surface area contributed by atoms with E-state index in [9.17, 15) is 4.79 Å². The first-order valence-corrected chi connectivity index (χ1v) is 6.52. The van der Waals surface area contributed by atoms with E-state index in [1.54, 1.807) is 13.3 Å². The van der Waals surface area contributed by atoms with Crippen LogP contribution in [0.25, 0.3) is 0 Å². The molecule has 6 heteroatoms. The highest BCUT2D eigenvalue weighted by Crippen LogP contribution is 2.17. The van der Waals surface area contributed by atoms with Crippen LogP contribution < -0.4 is 10.9 Å². The van der Waals surface area contributed by atoms with Gasteiger partial charge in [0.2, 0.25) is 0 Å². The van der Waals surface area contributed by atoms with E-state index in [0.29, 0.717) is 18.8 Å². The van der Waals surface area contributed by atoms with Gasteiger partial charge < -0.3 is 10.1 Å². The molecule has 0 aliphatic carbocycles. The Hall–Kier alpha value is -1.07. The van der Waals surface area contributed by atoms with E-state index in [2.05, 4.69) is 10.4 Å². The van der Waals surface area contributed by atoms with Gasteiger partial charge in [-0.1, -0.05) is 25.4 Å². The molecule has 1 N–H and O–H groups in total. The molecule has 0 fully saturated rings. The number of hydrogen-bond donors (Lipinski definition) is 1. The Kier molecular flexibility index (Phi) is 6.15. The highest BCUT2D eigenvalue weighted by atomic mass is 35.5. The molecule has 0 saturated carbocycles. The second kappa shape index (κ2) is 7.38. The van der Waals surface area contributed by atoms with Crippen molar-refractivity contribution in [3.63, 3.8) is 0 Å². The summed E-state index contributed by atoms with van der Waals surface area (Å²) in [5.41, 5.74) is 0.314. The van der Waals surface area contributed by atoms with Gasteiger partial charge in [0.1, 0.15) is 5.02 Å². The van der Waals surface area contributed by atoms with E-state index in [0.717, 1.165) is 12.8 Å². The van der Waals surface area contributed by atoms with Gasteiger partial charge in [-0.15, -0.1) is 0 Å². The normalized spacial score (nSPS) is 12.4. The minimum atomic E-state index is -0.254. The third kappa shape index (κ3) is 3.71. The van der Waals surface area contributed by atoms with Crippen LogP contribution in [0.15, 0.2) is 11.0 Å². The highest BCUT2D eigenvalue weighted by Gasteiger charge is 2.12. The molecule has 5 nitrogen and oxygen atoms in total. The summed E-state index contributed by atoms with van der Waals surface area (Å²) < 4.78 is 6.47. The first-order valence-electron chi connectivity index (χ1n) is 6.15. The molecule has 102 valence electrons. The number of nitrogens with one attached hydrogen (secondary N) is 1. The molecule has 1 unspecified atom stereocenters. The van der Waals surface area contributed by atoms with E-state index in [-0.39, 0.29) is 16.6 Å². The maximum Gasteiger partial charge on any atom is 0.287 e. The second-order valence-corrected chi connectivity index (χ2v) is 4.48. The third-order valence-corrected chi connectivity index (χ3v) is 3.01. The Morgan fingerprint density at radius 3 is 2.83 bits per heavy atom. The zero-order valence-corrected chi connectivity index (χ0v) is 11.8. The van der Waals surface area contributed by atoms with Gasteiger partial charge >= 0.3 is 0 Å². The smallest absolute Gasteiger partial charge is 0.287 e. The highest BCUT2D eigenvalue weighted by molar-refractivity contribution is 6.32. The number of anilines is 1. The van der Waals surface area contributed by atoms with Gasteiger partial charge in [0, 0.05) is 19.7 Å². The summed E-state index contributed by atoms with van der Waals surface area (Å²) in [6.45, 7) is 5.16. The van der Waals surface area contributed by atoms with Crippen molar-refractivity contribution < 1.29 is 4.74 Å². The van der Waals surface area contributed by atoms with E-state index >= 15 is 0 Å². The Labute approximate surface area is 112 Å². The summed E-state index contributed by atoms with van der Waals surface area (Å²) in [5.74, 6) is 0. The van der Waals surface area contributed by atoms with Crippen LogP contribution in [0.1, 0.15) is 26.7 Å². The molecule has 1 aromatic rings. The molecule has 0 aliphatic rings. The van der Waals surface area contributed by atoms with E-state index in [1.807, 2.05) is 13.8 Å². The summed E-state index contributed by atoms with van der Waals surface area (Å²) >= 11 is 6.06. The summed E-state index contributed by atoms with van der Waals surface area (Å²) in [4.78, 5) is 11.9. The number of methoxy groups -OCH3 is 1. The van der Waals surface area contributed by atoms with Gasteiger partial charge in [-0.05, 0) is 12.8 Å². The van der Waals surface area contributed by atoms with Crippen molar-refractivity contribution in [2.45, 2.75) is 39.3 Å². The van der Waals surface area contributed by atoms with Crippen molar-refractivity contribution in [3.05, 3.63) is 21.6 Å². The van der Waals surface area contributed by atoms with Gasteiger partial charge in [-0.25, -0.2) is 4.68 Å². The molecule has 0 amide bonds. The number of ether oxygens (including phenoxy) is 1. The Morgan fingerprint density at radius 1 is 1.56 bits per heavy atom. The van der Waals surface area contributed by atoms with Crippen LogP contribution in [0.4, 0.5) is 5.69 Å². The fourth-order valence-electron chi connectivity index (χ4n) is 1.62. The van der Waals surface area contributed by atoms with Crippen molar-refractivity contribution in [2.75, 3.05) is 19.0 Å². The number of rotatable bonds is 7. The largest absolute Gasteiger partial charge is 0.383 e. The number of halogens is 1. The van der Waals surface area contributed by atoms with Gasteiger partial charge in [-0.2, -0.15) is 5.10 Å². The average Bonchev–Trinajstić information content (AvgIpc) is 2.37. The van der Waals surface area contributed by atoms with Crippen LogP contribution >= 0.6 is 11.6 Å². The molecular weight excluding hydrogens is 254 g/mol. The molecule has 1 atom stereocenters. The van der Waals surface area contributed by atoms with Crippen LogP contribution in [0, 0.1) is 0 Å². The lowest BCUT2D eigenvalue weighted by Gasteiger charge is -2.18. The number of hydrogen-bond acceptors (Lipinski definition) is 4. The molecule has 0 aliphatic heterocycles. The first-order chi connectivity index (χ1) is 8.63. The maximum atomic E-state index is 11.9. The van der Waals surface area contributed by atoms with Crippen LogP contribution in [0.3, 0.4) is 0 Å². The maximum absolute atomic E-state index is 11.9. The van der Waals surface area contributed by atoms with Gasteiger partial charge in [0.05, 0.1) is 18.5 Å². The lowest BCUT2D eigenvalue weighted by Crippen LogP contribution is -2.28. The molecule has 1 aromatic heterocycles. The van der Waals surface area contributed by atoms with E-state index in [4.69, 9.17) is 16.3 Å². The zero-order chi connectivity index (χ0) is 13.5. The molecule has 0 spiro atoms. The van der Waals surface area contributed by atoms with Crippen molar-refractivity contribution in [2.24, 2.45) is 0 Å². The van der Waals surface area contributed by atoms with Crippen molar-refractivity contribution in [1.82, 2.24) is 9.78 Å². The lowest BCUT2D eigenvalue weighted by molar-refractivity contribution is 0.184. The molecule has 1 heterocycles. The van der Waals surface area contributed by atoms with E-state index in [1.165, 1.54) is 4.68 Å². The summed E-state index contributed by atoms with van der Waals surface area (Å²) in [6, 6.07) is 0.121. The summed E-state index contributed by atoms with van der Waals surface area (Å²) in [7, 11) is 1.64. The zero-order valence-electron chi connectivity index (χ0n) is 11.1. The standard InChI is InChI=1S/C12H20ClN3O2/c1-4-6-16-12(17)11(13)10(7-14-16)15-9(5-2)8-18-3/h7,9,15H,4-6,8H2,1-3H3. The molecule has 0 saturated heterocycles. The van der Waals surface area contributed by atoms with Crippen LogP contribution in [-0.2, 0) is 11.3 Å². The summed E-state index contributed by atoms with van der Waals surface area (Å²) in [5, 5.41) is 7.46. The number of aryl methyl sites for hydroxylation is 1. The molecule has 0 radical (unpaired) electrons. The van der Waals surface area contributed by atoms with Crippen molar-refractivity contribution in [3.8, 4) is 0 Å². The predicted octanol–water partition coefficient (Wildman–Crippen LogP) is 2.14. The minimum absolute atomic E-state index is 0.121. The predicted molar refractivity (Wildman–Crippen MR) is 73.4 cm³/mol. The molecule has 1 rings (SSSR count). The molecule has 0 aromatic carbocycles. The fourth-order valence-corrected chi connectivity index (χ4v) is 1.82. The van der Waals surface area contributed by atoms with Crippen molar-refractivity contribution in [1.29, 1.82) is 0 Å². The third-order valence-electron chi connectivity index (χ3n) is 2.64. The van der Waals surface area contributed by atoms with Crippen LogP contribution in [0.2, 0.25) is 5.02 Å². The van der Waals surface area contributed by atoms with Crippen LogP contribution in [0.5, 0.6) is 0 Å². The van der Waals surface area contributed by atoms with Crippen molar-refractivity contribution >= 4 is 17.3 Å². The fraction of sp³-hybridized carbons (Fsp3) is 0.667.